The van der Waals surface area contributed by atoms with Crippen LogP contribution in [0.4, 0.5) is 0 Å². The van der Waals surface area contributed by atoms with Gasteiger partial charge in [0.2, 0.25) is 0 Å². The first-order valence-electron chi connectivity index (χ1n) is 8.93. The van der Waals surface area contributed by atoms with Crippen LogP contribution in [0.2, 0.25) is 0 Å². The maximum atomic E-state index is 13.1. The molecule has 2 atom stereocenters. The Labute approximate surface area is 164 Å². The molecule has 0 aromatic heterocycles. The molecule has 3 aromatic carbocycles. The number of hydrogen-bond acceptors (Lipinski definition) is 4. The van der Waals surface area contributed by atoms with E-state index in [9.17, 15) is 13.2 Å². The number of benzene rings is 3. The summed E-state index contributed by atoms with van der Waals surface area (Å²) in [4.78, 5) is 12.9. The summed E-state index contributed by atoms with van der Waals surface area (Å²) in [6.45, 7) is 0.236. The summed E-state index contributed by atoms with van der Waals surface area (Å²) >= 11 is 0. The number of carbonyl (C=O) groups excluding carboxylic acids is 1. The first-order valence-corrected chi connectivity index (χ1v) is 10.4. The predicted octanol–water partition coefficient (Wildman–Crippen LogP) is 3.54. The third kappa shape index (κ3) is 3.32. The van der Waals surface area contributed by atoms with Crippen LogP contribution in [0.3, 0.4) is 0 Å². The molecule has 28 heavy (non-hydrogen) atoms. The fraction of sp³-hybridized carbons (Fsp3) is 0.136. The Morgan fingerprint density at radius 3 is 1.93 bits per heavy atom. The summed E-state index contributed by atoms with van der Waals surface area (Å²) in [5, 5.41) is 0. The van der Waals surface area contributed by atoms with Gasteiger partial charge in [0.25, 0.3) is 15.9 Å². The van der Waals surface area contributed by atoms with Gasteiger partial charge in [-0.1, -0.05) is 78.9 Å². The van der Waals surface area contributed by atoms with Gasteiger partial charge < -0.3 is 4.74 Å². The Morgan fingerprint density at radius 1 is 0.786 bits per heavy atom. The quantitative estimate of drug-likeness (QED) is 0.601. The summed E-state index contributed by atoms with van der Waals surface area (Å²) in [7, 11) is -3.96. The molecular formula is C22H19NO4S. The highest BCUT2D eigenvalue weighted by Crippen LogP contribution is 2.41. The van der Waals surface area contributed by atoms with Gasteiger partial charge >= 0.3 is 0 Å². The number of nitrogens with zero attached hydrogens (tertiary/aromatic N) is 1. The maximum Gasteiger partial charge on any atom is 0.268 e. The molecule has 4 rings (SSSR count). The zero-order valence-electron chi connectivity index (χ0n) is 15.0. The molecule has 142 valence electrons. The molecule has 0 spiro atoms. The van der Waals surface area contributed by atoms with Gasteiger partial charge in [-0.3, -0.25) is 4.79 Å². The van der Waals surface area contributed by atoms with E-state index in [-0.39, 0.29) is 11.5 Å². The van der Waals surface area contributed by atoms with E-state index < -0.39 is 28.1 Å². The summed E-state index contributed by atoms with van der Waals surface area (Å²) < 4.78 is 32.9. The highest BCUT2D eigenvalue weighted by Gasteiger charge is 2.55. The Bertz CT molecular complexity index is 1050. The zero-order valence-corrected chi connectivity index (χ0v) is 15.8. The van der Waals surface area contributed by atoms with Crippen molar-refractivity contribution in [3.63, 3.8) is 0 Å². The Kier molecular flexibility index (Phi) is 4.98. The van der Waals surface area contributed by atoms with Crippen LogP contribution >= 0.6 is 0 Å². The minimum absolute atomic E-state index is 0.0887. The van der Waals surface area contributed by atoms with Crippen molar-refractivity contribution in [3.05, 3.63) is 102 Å². The van der Waals surface area contributed by atoms with E-state index in [2.05, 4.69) is 0 Å². The van der Waals surface area contributed by atoms with Crippen LogP contribution in [-0.4, -0.2) is 24.7 Å². The van der Waals surface area contributed by atoms with E-state index in [1.54, 1.807) is 18.2 Å². The fourth-order valence-corrected chi connectivity index (χ4v) is 4.90. The second kappa shape index (κ2) is 7.58. The fourth-order valence-electron chi connectivity index (χ4n) is 3.30. The first-order chi connectivity index (χ1) is 13.6. The minimum atomic E-state index is -3.96. The van der Waals surface area contributed by atoms with E-state index in [1.807, 2.05) is 60.7 Å². The van der Waals surface area contributed by atoms with Crippen LogP contribution < -0.4 is 0 Å². The van der Waals surface area contributed by atoms with Crippen LogP contribution in [0.15, 0.2) is 95.9 Å². The zero-order chi connectivity index (χ0) is 19.6. The molecule has 3 aromatic rings. The van der Waals surface area contributed by atoms with Crippen LogP contribution in [0.5, 0.6) is 0 Å². The molecular weight excluding hydrogens is 374 g/mol. The van der Waals surface area contributed by atoms with Gasteiger partial charge in [0.1, 0.15) is 6.04 Å². The average molecular weight is 393 g/mol. The molecule has 1 aliphatic rings. The summed E-state index contributed by atoms with van der Waals surface area (Å²) in [5.41, 5.74) is 1.64. The number of β-lactam (4-membered cyclic amide) rings is 1. The van der Waals surface area contributed by atoms with Crippen molar-refractivity contribution in [2.75, 3.05) is 0 Å². The first kappa shape index (κ1) is 18.4. The maximum absolute atomic E-state index is 13.1. The van der Waals surface area contributed by atoms with Gasteiger partial charge in [-0.15, -0.1) is 0 Å². The van der Waals surface area contributed by atoms with Crippen molar-refractivity contribution in [2.45, 2.75) is 23.6 Å². The second-order valence-electron chi connectivity index (χ2n) is 6.52. The van der Waals surface area contributed by atoms with Crippen LogP contribution in [0.25, 0.3) is 0 Å². The predicted molar refractivity (Wildman–Crippen MR) is 105 cm³/mol. The van der Waals surface area contributed by atoms with Gasteiger partial charge in [-0.25, -0.2) is 12.7 Å². The van der Waals surface area contributed by atoms with Crippen molar-refractivity contribution in [3.8, 4) is 0 Å². The minimum Gasteiger partial charge on any atom is -0.361 e. The number of ether oxygens (including phenoxy) is 1. The largest absolute Gasteiger partial charge is 0.361 e. The summed E-state index contributed by atoms with van der Waals surface area (Å²) in [6, 6.07) is 25.9. The molecule has 5 nitrogen and oxygen atoms in total. The van der Waals surface area contributed by atoms with Crippen molar-refractivity contribution in [1.29, 1.82) is 0 Å². The van der Waals surface area contributed by atoms with Gasteiger partial charge in [0.15, 0.2) is 6.10 Å². The molecule has 0 N–H and O–H groups in total. The van der Waals surface area contributed by atoms with Gasteiger partial charge in [0, 0.05) is 0 Å². The molecule has 1 heterocycles. The highest BCUT2D eigenvalue weighted by atomic mass is 32.2. The number of rotatable bonds is 6. The SMILES string of the molecule is O=C1[C@H](OCc2ccccc2)[C@H](c2ccccc2)N1S(=O)(=O)c1ccccc1. The molecule has 1 amide bonds. The topological polar surface area (TPSA) is 63.7 Å². The lowest BCUT2D eigenvalue weighted by Gasteiger charge is -2.45. The number of carbonyl (C=O) groups is 1. The standard InChI is InChI=1S/C22H19NO4S/c24-22-21(27-16-17-10-4-1-5-11-17)20(18-12-6-2-7-13-18)23(22)28(25,26)19-14-8-3-9-15-19/h1-15,20-21H,16H2/t20-,21+/m0/s1. The van der Waals surface area contributed by atoms with E-state index in [1.165, 1.54) is 12.1 Å². The van der Waals surface area contributed by atoms with Crippen molar-refractivity contribution in [1.82, 2.24) is 4.31 Å². The lowest BCUT2D eigenvalue weighted by atomic mass is 9.94. The molecule has 1 aliphatic heterocycles. The number of hydrogen-bond donors (Lipinski definition) is 0. The lowest BCUT2D eigenvalue weighted by molar-refractivity contribution is -0.164. The second-order valence-corrected chi connectivity index (χ2v) is 8.34. The molecule has 0 unspecified atom stereocenters. The van der Waals surface area contributed by atoms with Crippen molar-refractivity contribution in [2.24, 2.45) is 0 Å². The van der Waals surface area contributed by atoms with Gasteiger partial charge in [-0.05, 0) is 23.3 Å². The van der Waals surface area contributed by atoms with Gasteiger partial charge in [-0.2, -0.15) is 0 Å². The highest BCUT2D eigenvalue weighted by molar-refractivity contribution is 7.89. The van der Waals surface area contributed by atoms with Crippen LogP contribution in [-0.2, 0) is 26.2 Å². The van der Waals surface area contributed by atoms with E-state index in [4.69, 9.17) is 4.74 Å². The van der Waals surface area contributed by atoms with E-state index in [0.29, 0.717) is 0 Å². The third-order valence-electron chi connectivity index (χ3n) is 4.71. The molecule has 0 aliphatic carbocycles. The Balaban J connectivity index is 1.65. The third-order valence-corrected chi connectivity index (χ3v) is 6.51. The van der Waals surface area contributed by atoms with Crippen LogP contribution in [0.1, 0.15) is 17.2 Å². The molecule has 6 heteroatoms. The lowest BCUT2D eigenvalue weighted by Crippen LogP contribution is -2.61. The average Bonchev–Trinajstić information content (AvgIpc) is 2.74. The van der Waals surface area contributed by atoms with Crippen molar-refractivity contribution < 1.29 is 17.9 Å². The van der Waals surface area contributed by atoms with E-state index >= 15 is 0 Å². The molecule has 0 bridgehead atoms. The Hall–Kier alpha value is -2.96. The number of sulfonamides is 1. The molecule has 0 radical (unpaired) electrons. The molecule has 0 saturated carbocycles. The molecule has 1 saturated heterocycles. The smallest absolute Gasteiger partial charge is 0.268 e. The molecule has 1 fully saturated rings. The Morgan fingerprint density at radius 2 is 1.32 bits per heavy atom. The summed E-state index contributed by atoms with van der Waals surface area (Å²) in [6.07, 6.45) is -0.846. The summed E-state index contributed by atoms with van der Waals surface area (Å²) in [5.74, 6) is -0.548. The van der Waals surface area contributed by atoms with Crippen molar-refractivity contribution >= 4 is 15.9 Å². The monoisotopic (exact) mass is 393 g/mol. The van der Waals surface area contributed by atoms with Crippen LogP contribution in [0, 0.1) is 0 Å². The normalized spacial score (nSPS) is 19.3. The number of amides is 1. The van der Waals surface area contributed by atoms with E-state index in [0.717, 1.165) is 15.4 Å². The van der Waals surface area contributed by atoms with Gasteiger partial charge in [0.05, 0.1) is 11.5 Å².